The number of benzene rings is 4. The summed E-state index contributed by atoms with van der Waals surface area (Å²) in [5.74, 6) is 2.75. The molecule has 4 aromatic carbocycles. The van der Waals surface area contributed by atoms with Crippen molar-refractivity contribution in [3.05, 3.63) is 106 Å². The van der Waals surface area contributed by atoms with E-state index in [1.165, 1.54) is 7.11 Å². The molecule has 288 valence electrons. The Bertz CT molecular complexity index is 1830. The lowest BCUT2D eigenvalue weighted by molar-refractivity contribution is 0.0935. The van der Waals surface area contributed by atoms with Crippen LogP contribution in [-0.2, 0) is 19.8 Å². The molecular weight excluding hydrogens is 688 g/mol. The van der Waals surface area contributed by atoms with E-state index in [1.54, 1.807) is 20.3 Å². The number of hydrogen-bond donors (Lipinski definition) is 5. The molecule has 0 spiro atoms. The van der Waals surface area contributed by atoms with E-state index in [2.05, 4.69) is 10.6 Å². The number of carbonyl (C=O) groups excluding carboxylic acids is 1. The number of carbonyl (C=O) groups is 1. The van der Waals surface area contributed by atoms with Crippen LogP contribution in [-0.4, -0.2) is 55.8 Å². The van der Waals surface area contributed by atoms with Gasteiger partial charge in [0.2, 0.25) is 5.75 Å². The minimum Gasteiger partial charge on any atom is -0.496 e. The second-order valence-corrected chi connectivity index (χ2v) is 13.1. The van der Waals surface area contributed by atoms with Gasteiger partial charge in [0.25, 0.3) is 5.91 Å². The Kier molecular flexibility index (Phi) is 15.0. The molecule has 1 unspecified atom stereocenters. The van der Waals surface area contributed by atoms with Gasteiger partial charge in [0, 0.05) is 16.8 Å². The quantitative estimate of drug-likeness (QED) is 0.0432. The monoisotopic (exact) mass is 740 g/mol. The molecule has 4 aromatic rings. The first-order valence-corrected chi connectivity index (χ1v) is 18.4. The minimum absolute atomic E-state index is 0.132. The highest BCUT2D eigenvalue weighted by atomic mass is 16.5. The molecule has 5 rings (SSSR count). The zero-order chi connectivity index (χ0) is 38.3. The van der Waals surface area contributed by atoms with Crippen molar-refractivity contribution in [3.8, 4) is 28.7 Å². The molecule has 0 saturated heterocycles. The lowest BCUT2D eigenvalue weighted by Crippen LogP contribution is -2.38. The molecule has 0 aliphatic carbocycles. The molecule has 0 fully saturated rings. The number of anilines is 1. The Morgan fingerprint density at radius 3 is 1.83 bits per heavy atom. The summed E-state index contributed by atoms with van der Waals surface area (Å²) in [6, 6.07) is 20.5. The number of nitrogens with one attached hydrogen (secondary N) is 2. The topological polar surface area (TPSA) is 148 Å². The summed E-state index contributed by atoms with van der Waals surface area (Å²) in [6.45, 7) is 0.531. The molecule has 5 N–H and O–H groups in total. The maximum atomic E-state index is 12.5. The van der Waals surface area contributed by atoms with Crippen LogP contribution in [0.3, 0.4) is 0 Å². The van der Waals surface area contributed by atoms with Gasteiger partial charge < -0.3 is 49.6 Å². The van der Waals surface area contributed by atoms with Crippen LogP contribution in [0.15, 0.2) is 66.7 Å². The zero-order valence-electron chi connectivity index (χ0n) is 31.4. The van der Waals surface area contributed by atoms with Crippen LogP contribution in [0.2, 0.25) is 0 Å². The van der Waals surface area contributed by atoms with Crippen LogP contribution in [0.4, 0.5) is 5.69 Å². The summed E-state index contributed by atoms with van der Waals surface area (Å²) in [5.41, 5.74) is 5.77. The first-order valence-electron chi connectivity index (χ1n) is 18.4. The first-order chi connectivity index (χ1) is 26.4. The SMILES string of the molecule is COc1cc(C=Cc2cc(OC)c(OCCCCCCCCCOc3ccc(C4NC(=O)c5ccccc5N4)cc3CO)c(OC)c2)cc(CO)c1CO. The molecule has 1 aliphatic heterocycles. The molecule has 0 saturated carbocycles. The van der Waals surface area contributed by atoms with E-state index >= 15 is 0 Å². The Balaban J connectivity index is 1.00. The van der Waals surface area contributed by atoms with Gasteiger partial charge in [-0.2, -0.15) is 0 Å². The van der Waals surface area contributed by atoms with Crippen LogP contribution in [0.25, 0.3) is 12.2 Å². The number of fused-ring (bicyclic) bond motifs is 1. The average molecular weight is 741 g/mol. The molecule has 0 bridgehead atoms. The maximum Gasteiger partial charge on any atom is 0.255 e. The predicted octanol–water partition coefficient (Wildman–Crippen LogP) is 7.40. The lowest BCUT2D eigenvalue weighted by atomic mass is 10.0. The molecular formula is C43H52N2O9. The number of amides is 1. The van der Waals surface area contributed by atoms with Crippen molar-refractivity contribution in [3.63, 3.8) is 0 Å². The van der Waals surface area contributed by atoms with Gasteiger partial charge in [-0.05, 0) is 83.6 Å². The van der Waals surface area contributed by atoms with E-state index in [4.69, 9.17) is 23.7 Å². The molecule has 1 heterocycles. The van der Waals surface area contributed by atoms with Gasteiger partial charge >= 0.3 is 0 Å². The molecule has 54 heavy (non-hydrogen) atoms. The second-order valence-electron chi connectivity index (χ2n) is 13.1. The second kappa shape index (κ2) is 20.3. The Labute approximate surface area is 317 Å². The highest BCUT2D eigenvalue weighted by Gasteiger charge is 2.25. The largest absolute Gasteiger partial charge is 0.496 e. The summed E-state index contributed by atoms with van der Waals surface area (Å²) in [4.78, 5) is 12.5. The average Bonchev–Trinajstić information content (AvgIpc) is 3.21. The first kappa shape index (κ1) is 40.0. The van der Waals surface area contributed by atoms with Crippen molar-refractivity contribution >= 4 is 23.7 Å². The van der Waals surface area contributed by atoms with Crippen molar-refractivity contribution in [2.24, 2.45) is 0 Å². The lowest BCUT2D eigenvalue weighted by Gasteiger charge is -2.28. The molecule has 1 amide bonds. The zero-order valence-corrected chi connectivity index (χ0v) is 31.4. The standard InChI is InChI=1S/C43H52N2O9/c1-50-38-22-29(21-32(26-46)35(38)28-48)15-16-30-23-39(51-2)41(40(24-30)52-3)54-20-12-8-6-4-5-7-11-19-53-37-18-17-31(25-33(37)27-47)42-44-36-14-10-9-13-34(36)43(49)45-42/h9-10,13-18,21-25,42,44,46-48H,4-8,11-12,19-20,26-28H2,1-3H3,(H,45,49). The predicted molar refractivity (Wildman–Crippen MR) is 209 cm³/mol. The smallest absolute Gasteiger partial charge is 0.255 e. The third kappa shape index (κ3) is 10.2. The highest BCUT2D eigenvalue weighted by Crippen LogP contribution is 2.39. The Morgan fingerprint density at radius 1 is 0.611 bits per heavy atom. The summed E-state index contributed by atoms with van der Waals surface area (Å²) < 4.78 is 28.9. The van der Waals surface area contributed by atoms with Gasteiger partial charge in [0.15, 0.2) is 11.5 Å². The van der Waals surface area contributed by atoms with Crippen LogP contribution in [0.1, 0.15) is 94.9 Å². The summed E-state index contributed by atoms with van der Waals surface area (Å²) in [6.07, 6.45) is 10.7. The normalized spacial score (nSPS) is 13.6. The molecule has 0 radical (unpaired) electrons. The van der Waals surface area contributed by atoms with Crippen molar-refractivity contribution in [2.75, 3.05) is 39.9 Å². The number of methoxy groups -OCH3 is 3. The van der Waals surface area contributed by atoms with Crippen molar-refractivity contribution in [2.45, 2.75) is 70.9 Å². The van der Waals surface area contributed by atoms with E-state index in [1.807, 2.05) is 72.8 Å². The number of para-hydroxylation sites is 1. The van der Waals surface area contributed by atoms with E-state index in [-0.39, 0.29) is 31.9 Å². The van der Waals surface area contributed by atoms with E-state index in [9.17, 15) is 20.1 Å². The number of unbranched alkanes of at least 4 members (excludes halogenated alkanes) is 6. The highest BCUT2D eigenvalue weighted by molar-refractivity contribution is 6.01. The molecule has 1 aliphatic rings. The fraction of sp³-hybridized carbons (Fsp3) is 0.372. The Hall–Kier alpha value is -5.23. The number of aliphatic hydroxyl groups is 3. The molecule has 11 nitrogen and oxygen atoms in total. The van der Waals surface area contributed by atoms with Gasteiger partial charge in [-0.3, -0.25) is 4.79 Å². The van der Waals surface area contributed by atoms with Crippen molar-refractivity contribution in [1.82, 2.24) is 5.32 Å². The molecule has 0 aromatic heterocycles. The van der Waals surface area contributed by atoms with Crippen LogP contribution in [0.5, 0.6) is 28.7 Å². The van der Waals surface area contributed by atoms with Crippen molar-refractivity contribution in [1.29, 1.82) is 0 Å². The Morgan fingerprint density at radius 2 is 1.20 bits per heavy atom. The van der Waals surface area contributed by atoms with Crippen LogP contribution < -0.4 is 34.3 Å². The van der Waals surface area contributed by atoms with E-state index in [0.29, 0.717) is 64.2 Å². The van der Waals surface area contributed by atoms with E-state index in [0.717, 1.165) is 67.3 Å². The third-order valence-corrected chi connectivity index (χ3v) is 9.45. The third-order valence-electron chi connectivity index (χ3n) is 9.45. The van der Waals surface area contributed by atoms with Crippen molar-refractivity contribution < 1.29 is 43.8 Å². The maximum absolute atomic E-state index is 12.5. The van der Waals surface area contributed by atoms with Crippen LogP contribution in [0, 0.1) is 0 Å². The number of ether oxygens (including phenoxy) is 5. The number of hydrogen-bond acceptors (Lipinski definition) is 10. The fourth-order valence-electron chi connectivity index (χ4n) is 6.52. The van der Waals surface area contributed by atoms with Gasteiger partial charge in [-0.1, -0.05) is 62.5 Å². The van der Waals surface area contributed by atoms with Gasteiger partial charge in [0.05, 0.1) is 59.9 Å². The van der Waals surface area contributed by atoms with Gasteiger partial charge in [-0.25, -0.2) is 0 Å². The van der Waals surface area contributed by atoms with Gasteiger partial charge in [-0.15, -0.1) is 0 Å². The van der Waals surface area contributed by atoms with Gasteiger partial charge in [0.1, 0.15) is 17.7 Å². The summed E-state index contributed by atoms with van der Waals surface area (Å²) in [7, 11) is 4.74. The minimum atomic E-state index is -0.387. The summed E-state index contributed by atoms with van der Waals surface area (Å²) in [5, 5.41) is 35.8. The van der Waals surface area contributed by atoms with E-state index < -0.39 is 0 Å². The molecule has 1 atom stereocenters. The van der Waals surface area contributed by atoms with Crippen LogP contribution >= 0.6 is 0 Å². The number of aliphatic hydroxyl groups excluding tert-OH is 3. The summed E-state index contributed by atoms with van der Waals surface area (Å²) >= 11 is 0. The fourth-order valence-corrected chi connectivity index (χ4v) is 6.52. The molecule has 11 heteroatoms. The number of rotatable bonds is 21.